The summed E-state index contributed by atoms with van der Waals surface area (Å²) in [6, 6.07) is 8.50. The van der Waals surface area contributed by atoms with Crippen LogP contribution in [0.4, 0.5) is 5.69 Å². The van der Waals surface area contributed by atoms with Crippen LogP contribution in [0.5, 0.6) is 0 Å². The molecule has 2 aromatic rings. The van der Waals surface area contributed by atoms with Crippen molar-refractivity contribution in [2.24, 2.45) is 0 Å². The van der Waals surface area contributed by atoms with Crippen molar-refractivity contribution in [1.29, 1.82) is 0 Å². The first-order chi connectivity index (χ1) is 8.47. The molecule has 0 aliphatic carbocycles. The fourth-order valence-corrected chi connectivity index (χ4v) is 2.58. The Morgan fingerprint density at radius 2 is 1.94 bits per heavy atom. The maximum absolute atomic E-state index is 4.47. The number of aryl methyl sites for hydroxylation is 1. The van der Waals surface area contributed by atoms with Crippen LogP contribution >= 0.6 is 11.3 Å². The highest BCUT2D eigenvalue weighted by atomic mass is 32.1. The van der Waals surface area contributed by atoms with Gasteiger partial charge in [0.1, 0.15) is 0 Å². The summed E-state index contributed by atoms with van der Waals surface area (Å²) >= 11 is 1.70. The second kappa shape index (κ2) is 5.11. The van der Waals surface area contributed by atoms with Gasteiger partial charge in [0, 0.05) is 11.1 Å². The molecule has 1 aromatic carbocycles. The first kappa shape index (κ1) is 13.1. The highest BCUT2D eigenvalue weighted by Crippen LogP contribution is 2.29. The third-order valence-electron chi connectivity index (χ3n) is 2.86. The molecule has 0 spiro atoms. The third-order valence-corrected chi connectivity index (χ3v) is 3.68. The maximum atomic E-state index is 4.47. The minimum Gasteiger partial charge on any atom is -0.379 e. The number of nitrogens with zero attached hydrogens (tertiary/aromatic N) is 1. The van der Waals surface area contributed by atoms with Gasteiger partial charge in [-0.3, -0.25) is 0 Å². The standard InChI is InChI=1S/C15H20N2S/c1-11-17-12(10-18-11)9-16-14-8-6-5-7-13(14)15(2,3)4/h5-8,10,16H,9H2,1-4H3. The lowest BCUT2D eigenvalue weighted by molar-refractivity contribution is 0.591. The van der Waals surface area contributed by atoms with Gasteiger partial charge in [0.2, 0.25) is 0 Å². The predicted molar refractivity (Wildman–Crippen MR) is 79.3 cm³/mol. The van der Waals surface area contributed by atoms with E-state index in [1.54, 1.807) is 11.3 Å². The summed E-state index contributed by atoms with van der Waals surface area (Å²) in [6.45, 7) is 9.54. The number of benzene rings is 1. The zero-order chi connectivity index (χ0) is 13.2. The quantitative estimate of drug-likeness (QED) is 0.887. The van der Waals surface area contributed by atoms with Crippen LogP contribution < -0.4 is 5.32 Å². The summed E-state index contributed by atoms with van der Waals surface area (Å²) in [5.74, 6) is 0. The van der Waals surface area contributed by atoms with E-state index in [9.17, 15) is 0 Å². The van der Waals surface area contributed by atoms with Gasteiger partial charge in [-0.2, -0.15) is 0 Å². The lowest BCUT2D eigenvalue weighted by atomic mass is 9.86. The second-order valence-electron chi connectivity index (χ2n) is 5.51. The molecular formula is C15H20N2S. The first-order valence-corrected chi connectivity index (χ1v) is 7.09. The average Bonchev–Trinajstić information content (AvgIpc) is 2.72. The van der Waals surface area contributed by atoms with E-state index >= 15 is 0 Å². The van der Waals surface area contributed by atoms with Gasteiger partial charge in [0.25, 0.3) is 0 Å². The van der Waals surface area contributed by atoms with Crippen molar-refractivity contribution in [3.8, 4) is 0 Å². The van der Waals surface area contributed by atoms with Crippen molar-refractivity contribution in [3.05, 3.63) is 45.9 Å². The molecule has 1 heterocycles. The lowest BCUT2D eigenvalue weighted by Gasteiger charge is -2.23. The average molecular weight is 260 g/mol. The van der Waals surface area contributed by atoms with Crippen LogP contribution in [0.15, 0.2) is 29.6 Å². The van der Waals surface area contributed by atoms with Crippen LogP contribution in [0.25, 0.3) is 0 Å². The van der Waals surface area contributed by atoms with Crippen LogP contribution in [-0.2, 0) is 12.0 Å². The monoisotopic (exact) mass is 260 g/mol. The molecule has 0 aliphatic rings. The molecule has 0 saturated carbocycles. The molecule has 0 unspecified atom stereocenters. The van der Waals surface area contributed by atoms with Crippen LogP contribution in [0.1, 0.15) is 37.0 Å². The zero-order valence-electron chi connectivity index (χ0n) is 11.4. The Bertz CT molecular complexity index is 523. The first-order valence-electron chi connectivity index (χ1n) is 6.21. The van der Waals surface area contributed by atoms with Gasteiger partial charge in [-0.15, -0.1) is 11.3 Å². The zero-order valence-corrected chi connectivity index (χ0v) is 12.3. The molecule has 0 saturated heterocycles. The van der Waals surface area contributed by atoms with E-state index in [4.69, 9.17) is 0 Å². The Hall–Kier alpha value is -1.35. The molecule has 3 heteroatoms. The van der Waals surface area contributed by atoms with Crippen molar-refractivity contribution < 1.29 is 0 Å². The molecule has 0 aliphatic heterocycles. The Kier molecular flexibility index (Phi) is 3.71. The van der Waals surface area contributed by atoms with Crippen LogP contribution in [0.3, 0.4) is 0 Å². The molecule has 1 aromatic heterocycles. The number of thiazole rings is 1. The van der Waals surface area contributed by atoms with E-state index in [2.05, 4.69) is 60.7 Å². The number of aromatic nitrogens is 1. The number of rotatable bonds is 3. The molecule has 96 valence electrons. The van der Waals surface area contributed by atoms with E-state index in [-0.39, 0.29) is 5.41 Å². The number of para-hydroxylation sites is 1. The number of nitrogens with one attached hydrogen (secondary N) is 1. The number of hydrogen-bond acceptors (Lipinski definition) is 3. The van der Waals surface area contributed by atoms with Crippen LogP contribution in [0, 0.1) is 6.92 Å². The minimum absolute atomic E-state index is 0.154. The van der Waals surface area contributed by atoms with Gasteiger partial charge in [-0.05, 0) is 24.0 Å². The summed E-state index contributed by atoms with van der Waals surface area (Å²) in [7, 11) is 0. The van der Waals surface area contributed by atoms with Crippen LogP contribution in [-0.4, -0.2) is 4.98 Å². The highest BCUT2D eigenvalue weighted by Gasteiger charge is 2.17. The topological polar surface area (TPSA) is 24.9 Å². The molecule has 0 amide bonds. The van der Waals surface area contributed by atoms with Crippen LogP contribution in [0.2, 0.25) is 0 Å². The Labute approximate surface area is 113 Å². The summed E-state index contributed by atoms with van der Waals surface area (Å²) in [4.78, 5) is 4.47. The van der Waals surface area contributed by atoms with Crippen molar-refractivity contribution in [1.82, 2.24) is 4.98 Å². The normalized spacial score (nSPS) is 11.6. The molecule has 0 atom stereocenters. The predicted octanol–water partition coefficient (Wildman–Crippen LogP) is 4.36. The molecule has 0 fully saturated rings. The van der Waals surface area contributed by atoms with E-state index < -0.39 is 0 Å². The SMILES string of the molecule is Cc1nc(CNc2ccccc2C(C)(C)C)cs1. The smallest absolute Gasteiger partial charge is 0.0898 e. The molecule has 0 radical (unpaired) electrons. The molecule has 2 rings (SSSR count). The van der Waals surface area contributed by atoms with Crippen molar-refractivity contribution in [3.63, 3.8) is 0 Å². The van der Waals surface area contributed by atoms with Gasteiger partial charge in [-0.25, -0.2) is 4.98 Å². The highest BCUT2D eigenvalue weighted by molar-refractivity contribution is 7.09. The summed E-state index contributed by atoms with van der Waals surface area (Å²) in [5.41, 5.74) is 3.82. The van der Waals surface area contributed by atoms with Gasteiger partial charge in [0.05, 0.1) is 17.2 Å². The van der Waals surface area contributed by atoms with Gasteiger partial charge in [-0.1, -0.05) is 39.0 Å². The molecular weight excluding hydrogens is 240 g/mol. The molecule has 2 nitrogen and oxygen atoms in total. The minimum atomic E-state index is 0.154. The van der Waals surface area contributed by atoms with Gasteiger partial charge in [0.15, 0.2) is 0 Å². The van der Waals surface area contributed by atoms with E-state index in [1.807, 2.05) is 6.92 Å². The summed E-state index contributed by atoms with van der Waals surface area (Å²) in [5, 5.41) is 6.73. The Balaban J connectivity index is 2.14. The molecule has 18 heavy (non-hydrogen) atoms. The molecule has 1 N–H and O–H groups in total. The lowest BCUT2D eigenvalue weighted by Crippen LogP contribution is -2.14. The molecule has 0 bridgehead atoms. The summed E-state index contributed by atoms with van der Waals surface area (Å²) < 4.78 is 0. The second-order valence-corrected chi connectivity index (χ2v) is 6.57. The van der Waals surface area contributed by atoms with E-state index in [1.165, 1.54) is 11.3 Å². The fraction of sp³-hybridized carbons (Fsp3) is 0.400. The number of anilines is 1. The summed E-state index contributed by atoms with van der Waals surface area (Å²) in [6.07, 6.45) is 0. The van der Waals surface area contributed by atoms with Gasteiger partial charge >= 0.3 is 0 Å². The fourth-order valence-electron chi connectivity index (χ4n) is 1.97. The Morgan fingerprint density at radius 3 is 2.56 bits per heavy atom. The van der Waals surface area contributed by atoms with E-state index in [0.29, 0.717) is 0 Å². The van der Waals surface area contributed by atoms with E-state index in [0.717, 1.165) is 17.2 Å². The Morgan fingerprint density at radius 1 is 1.22 bits per heavy atom. The van der Waals surface area contributed by atoms with Crippen molar-refractivity contribution in [2.75, 3.05) is 5.32 Å². The maximum Gasteiger partial charge on any atom is 0.0898 e. The third kappa shape index (κ3) is 3.10. The largest absolute Gasteiger partial charge is 0.379 e. The number of hydrogen-bond donors (Lipinski definition) is 1. The van der Waals surface area contributed by atoms with Crippen molar-refractivity contribution >= 4 is 17.0 Å². The van der Waals surface area contributed by atoms with Gasteiger partial charge < -0.3 is 5.32 Å². The van der Waals surface area contributed by atoms with Crippen molar-refractivity contribution in [2.45, 2.75) is 39.7 Å².